The smallest absolute Gasteiger partial charge is 0.327 e. The van der Waals surface area contributed by atoms with Gasteiger partial charge in [0.05, 0.1) is 18.1 Å². The molecule has 0 atom stereocenters. The van der Waals surface area contributed by atoms with Crippen molar-refractivity contribution in [2.24, 2.45) is 0 Å². The first-order valence-corrected chi connectivity index (χ1v) is 6.99. The Morgan fingerprint density at radius 3 is 2.09 bits per heavy atom. The SMILES string of the molecule is CCOC(=O)C(C)(C(=O)OCC)c1cc(F)c([N+](=O)[O-])cc1C. The Kier molecular flexibility index (Phi) is 5.78. The zero-order valence-corrected chi connectivity index (χ0v) is 13.3. The first-order valence-electron chi connectivity index (χ1n) is 6.99. The minimum Gasteiger partial charge on any atom is -0.465 e. The number of aryl methyl sites for hydroxylation is 1. The fourth-order valence-corrected chi connectivity index (χ4v) is 2.20. The predicted molar refractivity (Wildman–Crippen MR) is 78.4 cm³/mol. The van der Waals surface area contributed by atoms with E-state index >= 15 is 0 Å². The van der Waals surface area contributed by atoms with Crippen LogP contribution in [0.5, 0.6) is 0 Å². The second-order valence-corrected chi connectivity index (χ2v) is 4.94. The van der Waals surface area contributed by atoms with E-state index in [1.54, 1.807) is 13.8 Å². The molecule has 23 heavy (non-hydrogen) atoms. The highest BCUT2D eigenvalue weighted by molar-refractivity contribution is 6.06. The Balaban J connectivity index is 3.55. The Morgan fingerprint density at radius 2 is 1.70 bits per heavy atom. The van der Waals surface area contributed by atoms with E-state index in [1.807, 2.05) is 0 Å². The minimum atomic E-state index is -1.91. The fraction of sp³-hybridized carbons (Fsp3) is 0.467. The molecule has 126 valence electrons. The summed E-state index contributed by atoms with van der Waals surface area (Å²) in [6.45, 7) is 5.85. The number of rotatable bonds is 6. The number of benzene rings is 1. The van der Waals surface area contributed by atoms with Gasteiger partial charge >= 0.3 is 17.6 Å². The molecule has 0 radical (unpaired) electrons. The van der Waals surface area contributed by atoms with Gasteiger partial charge < -0.3 is 9.47 Å². The molecular formula is C15H18FNO6. The van der Waals surface area contributed by atoms with Crippen LogP contribution < -0.4 is 0 Å². The monoisotopic (exact) mass is 327 g/mol. The molecule has 0 saturated heterocycles. The van der Waals surface area contributed by atoms with Gasteiger partial charge in [0.2, 0.25) is 5.82 Å². The molecule has 0 heterocycles. The number of esters is 2. The summed E-state index contributed by atoms with van der Waals surface area (Å²) in [5.41, 5.74) is -2.47. The van der Waals surface area contributed by atoms with Gasteiger partial charge in [-0.25, -0.2) is 0 Å². The van der Waals surface area contributed by atoms with Crippen molar-refractivity contribution in [1.29, 1.82) is 0 Å². The Labute approximate surface area is 132 Å². The molecule has 0 amide bonds. The summed E-state index contributed by atoms with van der Waals surface area (Å²) in [6.07, 6.45) is 0. The summed E-state index contributed by atoms with van der Waals surface area (Å²) in [4.78, 5) is 34.5. The summed E-state index contributed by atoms with van der Waals surface area (Å²) in [5.74, 6) is -2.96. The van der Waals surface area contributed by atoms with Crippen LogP contribution in [0.3, 0.4) is 0 Å². The normalized spacial score (nSPS) is 11.0. The predicted octanol–water partition coefficient (Wildman–Crippen LogP) is 2.43. The summed E-state index contributed by atoms with van der Waals surface area (Å²) in [7, 11) is 0. The van der Waals surface area contributed by atoms with Crippen LogP contribution in [0.1, 0.15) is 31.9 Å². The molecule has 0 unspecified atom stereocenters. The van der Waals surface area contributed by atoms with Crippen LogP contribution in [0.15, 0.2) is 12.1 Å². The molecule has 7 nitrogen and oxygen atoms in total. The molecule has 0 bridgehead atoms. The molecule has 0 aliphatic heterocycles. The van der Waals surface area contributed by atoms with Gasteiger partial charge in [0.1, 0.15) is 0 Å². The van der Waals surface area contributed by atoms with E-state index < -0.39 is 33.8 Å². The van der Waals surface area contributed by atoms with Crippen LogP contribution >= 0.6 is 0 Å². The van der Waals surface area contributed by atoms with Gasteiger partial charge in [-0.3, -0.25) is 19.7 Å². The highest BCUT2D eigenvalue weighted by Crippen LogP contribution is 2.33. The van der Waals surface area contributed by atoms with Gasteiger partial charge in [-0.1, -0.05) is 0 Å². The van der Waals surface area contributed by atoms with Gasteiger partial charge in [0.25, 0.3) is 0 Å². The van der Waals surface area contributed by atoms with E-state index in [2.05, 4.69) is 0 Å². The highest BCUT2D eigenvalue weighted by Gasteiger charge is 2.47. The maximum absolute atomic E-state index is 14.0. The summed E-state index contributed by atoms with van der Waals surface area (Å²) in [5, 5.41) is 10.8. The standard InChI is InChI=1S/C15H18FNO6/c1-5-22-13(18)15(4,14(19)23-6-2)10-8-11(16)12(17(20)21)7-9(10)3/h7-8H,5-6H2,1-4H3. The van der Waals surface area contributed by atoms with Gasteiger partial charge in [-0.2, -0.15) is 4.39 Å². The highest BCUT2D eigenvalue weighted by atomic mass is 19.1. The summed E-state index contributed by atoms with van der Waals surface area (Å²) >= 11 is 0. The third-order valence-electron chi connectivity index (χ3n) is 3.40. The molecule has 8 heteroatoms. The number of halogens is 1. The molecule has 0 N–H and O–H groups in total. The third-order valence-corrected chi connectivity index (χ3v) is 3.40. The zero-order valence-electron chi connectivity index (χ0n) is 13.3. The molecule has 0 saturated carbocycles. The van der Waals surface area contributed by atoms with Gasteiger partial charge in [-0.15, -0.1) is 0 Å². The average molecular weight is 327 g/mol. The van der Waals surface area contributed by atoms with Crippen LogP contribution in [-0.2, 0) is 24.5 Å². The van der Waals surface area contributed by atoms with E-state index in [9.17, 15) is 24.1 Å². The van der Waals surface area contributed by atoms with E-state index in [-0.39, 0.29) is 24.3 Å². The number of carbonyl (C=O) groups is 2. The first kappa shape index (κ1) is 18.5. The Bertz CT molecular complexity index is 625. The van der Waals surface area contributed by atoms with Crippen molar-refractivity contribution in [3.63, 3.8) is 0 Å². The number of hydrogen-bond acceptors (Lipinski definition) is 6. The number of carbonyl (C=O) groups excluding carboxylic acids is 2. The Morgan fingerprint density at radius 1 is 1.22 bits per heavy atom. The lowest BCUT2D eigenvalue weighted by atomic mass is 9.79. The molecule has 1 rings (SSSR count). The molecular weight excluding hydrogens is 309 g/mol. The lowest BCUT2D eigenvalue weighted by Crippen LogP contribution is -2.44. The van der Waals surface area contributed by atoms with Crippen molar-refractivity contribution in [2.45, 2.75) is 33.1 Å². The van der Waals surface area contributed by atoms with E-state index in [4.69, 9.17) is 9.47 Å². The van der Waals surface area contributed by atoms with Crippen LogP contribution in [0.4, 0.5) is 10.1 Å². The van der Waals surface area contributed by atoms with Crippen molar-refractivity contribution < 1.29 is 28.4 Å². The average Bonchev–Trinajstić information content (AvgIpc) is 2.48. The molecule has 0 aliphatic rings. The zero-order chi connectivity index (χ0) is 17.8. The van der Waals surface area contributed by atoms with Crippen molar-refractivity contribution in [1.82, 2.24) is 0 Å². The molecule has 1 aromatic rings. The van der Waals surface area contributed by atoms with E-state index in [1.165, 1.54) is 13.8 Å². The topological polar surface area (TPSA) is 95.7 Å². The quantitative estimate of drug-likeness (QED) is 0.344. The number of nitro groups is 1. The van der Waals surface area contributed by atoms with E-state index in [0.717, 1.165) is 12.1 Å². The maximum Gasteiger partial charge on any atom is 0.327 e. The fourth-order valence-electron chi connectivity index (χ4n) is 2.20. The molecule has 0 aliphatic carbocycles. The van der Waals surface area contributed by atoms with Gasteiger partial charge in [0.15, 0.2) is 5.41 Å². The number of ether oxygens (including phenoxy) is 2. The maximum atomic E-state index is 14.0. The van der Waals surface area contributed by atoms with Crippen molar-refractivity contribution in [2.75, 3.05) is 13.2 Å². The minimum absolute atomic E-state index is 0.0162. The summed E-state index contributed by atoms with van der Waals surface area (Å²) in [6, 6.07) is 1.78. The van der Waals surface area contributed by atoms with E-state index in [0.29, 0.717) is 0 Å². The Hall–Kier alpha value is -2.51. The molecule has 0 aromatic heterocycles. The summed E-state index contributed by atoms with van der Waals surface area (Å²) < 4.78 is 23.8. The lowest BCUT2D eigenvalue weighted by molar-refractivity contribution is -0.387. The third kappa shape index (κ3) is 3.46. The molecule has 0 fully saturated rings. The van der Waals surface area contributed by atoms with Gasteiger partial charge in [-0.05, 0) is 44.9 Å². The van der Waals surface area contributed by atoms with Crippen LogP contribution in [0.2, 0.25) is 0 Å². The molecule has 1 aromatic carbocycles. The van der Waals surface area contributed by atoms with Crippen molar-refractivity contribution >= 4 is 17.6 Å². The second-order valence-electron chi connectivity index (χ2n) is 4.94. The largest absolute Gasteiger partial charge is 0.465 e. The second kappa shape index (κ2) is 7.17. The molecule has 0 spiro atoms. The van der Waals surface area contributed by atoms with Crippen LogP contribution in [-0.4, -0.2) is 30.1 Å². The number of nitrogens with zero attached hydrogens (tertiary/aromatic N) is 1. The number of nitro benzene ring substituents is 1. The van der Waals surface area contributed by atoms with Crippen LogP contribution in [0, 0.1) is 22.9 Å². The van der Waals surface area contributed by atoms with Crippen LogP contribution in [0.25, 0.3) is 0 Å². The first-order chi connectivity index (χ1) is 10.7. The van der Waals surface area contributed by atoms with Crippen molar-refractivity contribution in [3.05, 3.63) is 39.2 Å². The van der Waals surface area contributed by atoms with Gasteiger partial charge in [0, 0.05) is 6.07 Å². The lowest BCUT2D eigenvalue weighted by Gasteiger charge is -2.26. The number of hydrogen-bond donors (Lipinski definition) is 0. The van der Waals surface area contributed by atoms with Crippen molar-refractivity contribution in [3.8, 4) is 0 Å².